The first-order valence-corrected chi connectivity index (χ1v) is 4.76. The zero-order valence-electron chi connectivity index (χ0n) is 9.33. The third-order valence-corrected chi connectivity index (χ3v) is 1.70. The predicted octanol–water partition coefficient (Wildman–Crippen LogP) is 0.395. The zero-order chi connectivity index (χ0) is 14.1. The van der Waals surface area contributed by atoms with Gasteiger partial charge in [0.05, 0.1) is 11.1 Å². The second-order valence-corrected chi connectivity index (χ2v) is 3.02. The first-order chi connectivity index (χ1) is 8.40. The van der Waals surface area contributed by atoms with Crippen LogP contribution in [0.3, 0.4) is 0 Å². The first kappa shape index (κ1) is 15.4. The third-order valence-electron chi connectivity index (χ3n) is 1.70. The highest BCUT2D eigenvalue weighted by Crippen LogP contribution is 2.07. The Kier molecular flexibility index (Phi) is 6.50. The van der Waals surface area contributed by atoms with Gasteiger partial charge in [0.25, 0.3) is 0 Å². The molecule has 1 aromatic rings. The molecule has 0 saturated carbocycles. The van der Waals surface area contributed by atoms with Gasteiger partial charge in [-0.1, -0.05) is 18.2 Å². The highest BCUT2D eigenvalue weighted by atomic mass is 16.4. The summed E-state index contributed by atoms with van der Waals surface area (Å²) < 4.78 is 0. The molecule has 0 radical (unpaired) electrons. The number of carboxylic acids is 3. The summed E-state index contributed by atoms with van der Waals surface area (Å²) in [5.74, 6) is -3.54. The summed E-state index contributed by atoms with van der Waals surface area (Å²) in [6, 6.07) is 5.48. The topological polar surface area (TPSA) is 115 Å². The fourth-order valence-corrected chi connectivity index (χ4v) is 0.974. The summed E-state index contributed by atoms with van der Waals surface area (Å²) in [7, 11) is 0. The van der Waals surface area contributed by atoms with Crippen LogP contribution >= 0.6 is 0 Å². The van der Waals surface area contributed by atoms with Crippen LogP contribution in [-0.4, -0.2) is 28.1 Å². The van der Waals surface area contributed by atoms with Crippen LogP contribution in [0.1, 0.15) is 27.1 Å². The van der Waals surface area contributed by atoms with Crippen molar-refractivity contribution in [3.63, 3.8) is 0 Å². The van der Waals surface area contributed by atoms with Gasteiger partial charge in [0, 0.05) is 12.4 Å². The van der Waals surface area contributed by atoms with Crippen LogP contribution in [0.25, 0.3) is 0 Å². The fourth-order valence-electron chi connectivity index (χ4n) is 0.974. The van der Waals surface area contributed by atoms with Crippen molar-refractivity contribution in [2.45, 2.75) is 6.42 Å². The van der Waals surface area contributed by atoms with Crippen molar-refractivity contribution >= 4 is 17.9 Å². The standard InChI is InChI=1S/C8H6O4.C4H6O2/c9-7(10)5-3-1-2-4-6(5)8(11)12;1-2-3-4(5)6/h1-4H,(H,9,10)(H,11,12);2H,1,3H2,(H,5,6)/p-1. The number of carboxylic acid groups (broad SMARTS) is 3. The molecule has 0 aromatic heterocycles. The maximum Gasteiger partial charge on any atom is 0.336 e. The Balaban J connectivity index is 0.000000411. The zero-order valence-corrected chi connectivity index (χ0v) is 9.33. The van der Waals surface area contributed by atoms with Gasteiger partial charge in [-0.25, -0.2) is 9.59 Å². The van der Waals surface area contributed by atoms with Crippen LogP contribution < -0.4 is 5.11 Å². The first-order valence-electron chi connectivity index (χ1n) is 4.76. The van der Waals surface area contributed by atoms with E-state index in [0.717, 1.165) is 0 Å². The van der Waals surface area contributed by atoms with Gasteiger partial charge in [-0.2, -0.15) is 0 Å². The second-order valence-electron chi connectivity index (χ2n) is 3.02. The van der Waals surface area contributed by atoms with Crippen LogP contribution in [0.15, 0.2) is 36.9 Å². The summed E-state index contributed by atoms with van der Waals surface area (Å²) in [5, 5.41) is 26.5. The minimum absolute atomic E-state index is 0.0556. The fraction of sp³-hybridized carbons (Fsp3) is 0.0833. The molecule has 0 fully saturated rings. The minimum atomic E-state index is -1.23. The molecule has 0 saturated heterocycles. The summed E-state index contributed by atoms with van der Waals surface area (Å²) in [6.45, 7) is 3.18. The number of aliphatic carboxylic acids is 1. The Labute approximate surface area is 103 Å². The molecular weight excluding hydrogens is 240 g/mol. The lowest BCUT2D eigenvalue weighted by atomic mass is 10.1. The van der Waals surface area contributed by atoms with E-state index in [1.165, 1.54) is 30.3 Å². The smallest absolute Gasteiger partial charge is 0.336 e. The molecule has 0 amide bonds. The molecule has 18 heavy (non-hydrogen) atoms. The maximum atomic E-state index is 10.5. The minimum Gasteiger partial charge on any atom is -0.550 e. The highest BCUT2D eigenvalue weighted by Gasteiger charge is 2.13. The van der Waals surface area contributed by atoms with E-state index in [1.54, 1.807) is 0 Å². The highest BCUT2D eigenvalue weighted by molar-refractivity contribution is 6.01. The Morgan fingerprint density at radius 3 is 1.67 bits per heavy atom. The van der Waals surface area contributed by atoms with E-state index < -0.39 is 17.9 Å². The van der Waals surface area contributed by atoms with Crippen molar-refractivity contribution in [3.05, 3.63) is 48.0 Å². The molecule has 0 bridgehead atoms. The van der Waals surface area contributed by atoms with Crippen molar-refractivity contribution in [1.82, 2.24) is 0 Å². The quantitative estimate of drug-likeness (QED) is 0.748. The Bertz CT molecular complexity index is 430. The number of aromatic carboxylic acids is 2. The number of rotatable bonds is 4. The van der Waals surface area contributed by atoms with E-state index in [9.17, 15) is 19.5 Å². The average molecular weight is 251 g/mol. The Morgan fingerprint density at radius 1 is 1.11 bits per heavy atom. The molecule has 0 aliphatic rings. The van der Waals surface area contributed by atoms with E-state index in [1.807, 2.05) is 0 Å². The molecule has 0 unspecified atom stereocenters. The second kappa shape index (κ2) is 7.61. The van der Waals surface area contributed by atoms with Crippen molar-refractivity contribution in [2.24, 2.45) is 0 Å². The van der Waals surface area contributed by atoms with Gasteiger partial charge >= 0.3 is 11.9 Å². The van der Waals surface area contributed by atoms with Gasteiger partial charge in [-0.3, -0.25) is 0 Å². The molecule has 96 valence electrons. The van der Waals surface area contributed by atoms with E-state index in [2.05, 4.69) is 6.58 Å². The van der Waals surface area contributed by atoms with Gasteiger partial charge in [0.2, 0.25) is 0 Å². The van der Waals surface area contributed by atoms with Crippen molar-refractivity contribution in [3.8, 4) is 0 Å². The molecule has 0 atom stereocenters. The van der Waals surface area contributed by atoms with Gasteiger partial charge in [0.15, 0.2) is 0 Å². The van der Waals surface area contributed by atoms with Gasteiger partial charge in [-0.05, 0) is 12.1 Å². The number of hydrogen-bond donors (Lipinski definition) is 2. The molecule has 0 heterocycles. The lowest BCUT2D eigenvalue weighted by molar-refractivity contribution is -0.304. The summed E-state index contributed by atoms with van der Waals surface area (Å²) in [6.07, 6.45) is 1.23. The lowest BCUT2D eigenvalue weighted by Crippen LogP contribution is -2.20. The number of carbonyl (C=O) groups excluding carboxylic acids is 1. The average Bonchev–Trinajstić information content (AvgIpc) is 2.29. The molecule has 1 aromatic carbocycles. The normalized spacial score (nSPS) is 8.67. The largest absolute Gasteiger partial charge is 0.550 e. The van der Waals surface area contributed by atoms with E-state index in [-0.39, 0.29) is 17.5 Å². The van der Waals surface area contributed by atoms with Crippen LogP contribution in [0.4, 0.5) is 0 Å². The summed E-state index contributed by atoms with van der Waals surface area (Å²) >= 11 is 0. The lowest BCUT2D eigenvalue weighted by Gasteiger charge is -1.98. The molecule has 0 spiro atoms. The SMILES string of the molecule is C=CCC(=O)[O-].O=C(O)c1ccccc1C(=O)O. The predicted molar refractivity (Wildman–Crippen MR) is 60.2 cm³/mol. The van der Waals surface area contributed by atoms with Gasteiger partial charge < -0.3 is 20.1 Å². The maximum absolute atomic E-state index is 10.5. The van der Waals surface area contributed by atoms with E-state index in [0.29, 0.717) is 0 Å². The van der Waals surface area contributed by atoms with Gasteiger partial charge in [-0.15, -0.1) is 6.58 Å². The van der Waals surface area contributed by atoms with Gasteiger partial charge in [0.1, 0.15) is 0 Å². The van der Waals surface area contributed by atoms with Crippen LogP contribution in [0.5, 0.6) is 0 Å². The molecular formula is C12H11O6-. The monoisotopic (exact) mass is 251 g/mol. The molecule has 0 aliphatic carbocycles. The van der Waals surface area contributed by atoms with Crippen molar-refractivity contribution < 1.29 is 29.7 Å². The molecule has 6 nitrogen and oxygen atoms in total. The number of hydrogen-bond acceptors (Lipinski definition) is 4. The summed E-state index contributed by atoms with van der Waals surface area (Å²) in [4.78, 5) is 30.3. The van der Waals surface area contributed by atoms with Crippen molar-refractivity contribution in [1.29, 1.82) is 0 Å². The van der Waals surface area contributed by atoms with E-state index in [4.69, 9.17) is 10.2 Å². The van der Waals surface area contributed by atoms with E-state index >= 15 is 0 Å². The molecule has 2 N–H and O–H groups in total. The third kappa shape index (κ3) is 5.45. The molecule has 1 rings (SSSR count). The molecule has 6 heteroatoms. The van der Waals surface area contributed by atoms with Crippen LogP contribution in [0, 0.1) is 0 Å². The summed E-state index contributed by atoms with van der Waals surface area (Å²) in [5.41, 5.74) is -0.380. The molecule has 0 aliphatic heterocycles. The Hall–Kier alpha value is -2.63. The van der Waals surface area contributed by atoms with Crippen LogP contribution in [-0.2, 0) is 4.79 Å². The number of carbonyl (C=O) groups is 3. The Morgan fingerprint density at radius 2 is 1.50 bits per heavy atom. The number of benzene rings is 1. The van der Waals surface area contributed by atoms with Crippen molar-refractivity contribution in [2.75, 3.05) is 0 Å². The van der Waals surface area contributed by atoms with Crippen LogP contribution in [0.2, 0.25) is 0 Å².